The fraction of sp³-hybridized carbons (Fsp3) is 0.333. The standard InChI is InChI=1S/C18H20Br2O/c1-21-17-9-5-8-16(10-17)12-18(13-19,14-20)11-15-6-3-2-4-7-15/h2-10H,11-14H2,1H3. The lowest BCUT2D eigenvalue weighted by atomic mass is 9.80. The Morgan fingerprint density at radius 1 is 0.857 bits per heavy atom. The van der Waals surface area contributed by atoms with Crippen molar-refractivity contribution in [1.29, 1.82) is 0 Å². The number of hydrogen-bond donors (Lipinski definition) is 0. The summed E-state index contributed by atoms with van der Waals surface area (Å²) in [5, 5.41) is 1.91. The summed E-state index contributed by atoms with van der Waals surface area (Å²) in [4.78, 5) is 0. The highest BCUT2D eigenvalue weighted by Gasteiger charge is 2.28. The summed E-state index contributed by atoms with van der Waals surface area (Å²) in [6.45, 7) is 0. The van der Waals surface area contributed by atoms with Gasteiger partial charge >= 0.3 is 0 Å². The van der Waals surface area contributed by atoms with Crippen molar-refractivity contribution in [2.75, 3.05) is 17.8 Å². The number of alkyl halides is 2. The molecule has 0 radical (unpaired) electrons. The molecule has 0 aromatic heterocycles. The summed E-state index contributed by atoms with van der Waals surface area (Å²) in [5.41, 5.74) is 2.84. The molecule has 21 heavy (non-hydrogen) atoms. The SMILES string of the molecule is COc1cccc(CC(CBr)(CBr)Cc2ccccc2)c1. The lowest BCUT2D eigenvalue weighted by Crippen LogP contribution is -2.30. The van der Waals surface area contributed by atoms with Gasteiger partial charge in [-0.3, -0.25) is 0 Å². The van der Waals surface area contributed by atoms with E-state index in [1.54, 1.807) is 7.11 Å². The second kappa shape index (κ2) is 8.00. The van der Waals surface area contributed by atoms with Gasteiger partial charge in [-0.15, -0.1) is 0 Å². The largest absolute Gasteiger partial charge is 0.497 e. The summed E-state index contributed by atoms with van der Waals surface area (Å²) in [6, 6.07) is 19.0. The van der Waals surface area contributed by atoms with Gasteiger partial charge in [-0.2, -0.15) is 0 Å². The van der Waals surface area contributed by atoms with Crippen LogP contribution in [0.2, 0.25) is 0 Å². The normalized spacial score (nSPS) is 11.4. The zero-order chi connectivity index (χ0) is 15.1. The second-order valence-electron chi connectivity index (χ2n) is 5.46. The average molecular weight is 412 g/mol. The van der Waals surface area contributed by atoms with E-state index >= 15 is 0 Å². The van der Waals surface area contributed by atoms with Gasteiger partial charge in [0.25, 0.3) is 0 Å². The fourth-order valence-electron chi connectivity index (χ4n) is 2.53. The van der Waals surface area contributed by atoms with Crippen molar-refractivity contribution in [2.45, 2.75) is 12.8 Å². The molecule has 0 unspecified atom stereocenters. The van der Waals surface area contributed by atoms with Crippen molar-refractivity contribution in [3.63, 3.8) is 0 Å². The third-order valence-electron chi connectivity index (χ3n) is 3.70. The van der Waals surface area contributed by atoms with E-state index in [0.717, 1.165) is 29.3 Å². The predicted molar refractivity (Wildman–Crippen MR) is 96.9 cm³/mol. The zero-order valence-electron chi connectivity index (χ0n) is 12.2. The van der Waals surface area contributed by atoms with E-state index in [4.69, 9.17) is 4.74 Å². The van der Waals surface area contributed by atoms with Gasteiger partial charge in [0.1, 0.15) is 5.75 Å². The number of benzene rings is 2. The lowest BCUT2D eigenvalue weighted by Gasteiger charge is -2.30. The number of hydrogen-bond acceptors (Lipinski definition) is 1. The quantitative estimate of drug-likeness (QED) is 0.565. The van der Waals surface area contributed by atoms with E-state index in [1.807, 2.05) is 6.07 Å². The van der Waals surface area contributed by atoms with Crippen LogP contribution in [0.15, 0.2) is 54.6 Å². The first-order chi connectivity index (χ1) is 10.2. The fourth-order valence-corrected chi connectivity index (χ4v) is 4.25. The molecule has 1 nitrogen and oxygen atoms in total. The summed E-state index contributed by atoms with van der Waals surface area (Å²) in [5.74, 6) is 0.922. The van der Waals surface area contributed by atoms with Crippen molar-refractivity contribution < 1.29 is 4.74 Å². The van der Waals surface area contributed by atoms with E-state index in [-0.39, 0.29) is 5.41 Å². The molecule has 0 spiro atoms. The molecule has 0 amide bonds. The van der Waals surface area contributed by atoms with Crippen LogP contribution >= 0.6 is 31.9 Å². The molecule has 2 aromatic rings. The van der Waals surface area contributed by atoms with Gasteiger partial charge in [0, 0.05) is 10.7 Å². The zero-order valence-corrected chi connectivity index (χ0v) is 15.4. The van der Waals surface area contributed by atoms with Crippen LogP contribution in [-0.4, -0.2) is 17.8 Å². The molecule has 112 valence electrons. The lowest BCUT2D eigenvalue weighted by molar-refractivity contribution is 0.383. The van der Waals surface area contributed by atoms with Gasteiger partial charge in [-0.1, -0.05) is 74.3 Å². The van der Waals surface area contributed by atoms with Crippen molar-refractivity contribution in [2.24, 2.45) is 5.41 Å². The molecule has 0 saturated carbocycles. The molecule has 0 N–H and O–H groups in total. The first-order valence-electron chi connectivity index (χ1n) is 7.00. The van der Waals surface area contributed by atoms with Crippen LogP contribution in [0.25, 0.3) is 0 Å². The molecule has 0 aliphatic rings. The summed E-state index contributed by atoms with van der Waals surface area (Å²) in [7, 11) is 1.71. The smallest absolute Gasteiger partial charge is 0.119 e. The Hall–Kier alpha value is -0.800. The Kier molecular flexibility index (Phi) is 6.31. The molecule has 0 atom stereocenters. The number of ether oxygens (including phenoxy) is 1. The maximum atomic E-state index is 5.33. The molecule has 0 bridgehead atoms. The van der Waals surface area contributed by atoms with Crippen LogP contribution < -0.4 is 4.74 Å². The molecule has 0 aliphatic heterocycles. The number of halogens is 2. The highest BCUT2D eigenvalue weighted by atomic mass is 79.9. The molecule has 2 rings (SSSR count). The Balaban J connectivity index is 2.21. The first kappa shape index (κ1) is 16.6. The van der Waals surface area contributed by atoms with Crippen molar-refractivity contribution in [3.05, 3.63) is 65.7 Å². The molecule has 0 saturated heterocycles. The minimum absolute atomic E-state index is 0.160. The highest BCUT2D eigenvalue weighted by Crippen LogP contribution is 2.33. The van der Waals surface area contributed by atoms with Gasteiger partial charge < -0.3 is 4.74 Å². The molecule has 0 heterocycles. The number of rotatable bonds is 7. The summed E-state index contributed by atoms with van der Waals surface area (Å²) < 4.78 is 5.33. The molecular formula is C18H20Br2O. The average Bonchev–Trinajstić information content (AvgIpc) is 2.55. The Labute approximate surface area is 144 Å². The van der Waals surface area contributed by atoms with Crippen LogP contribution in [0.1, 0.15) is 11.1 Å². The molecule has 3 heteroatoms. The third-order valence-corrected chi connectivity index (χ3v) is 6.08. The Bertz CT molecular complexity index is 550. The summed E-state index contributed by atoms with van der Waals surface area (Å²) in [6.07, 6.45) is 2.05. The summed E-state index contributed by atoms with van der Waals surface area (Å²) >= 11 is 7.45. The molecule has 0 aliphatic carbocycles. The van der Waals surface area contributed by atoms with Crippen LogP contribution in [0.3, 0.4) is 0 Å². The highest BCUT2D eigenvalue weighted by molar-refractivity contribution is 9.09. The Morgan fingerprint density at radius 2 is 1.48 bits per heavy atom. The van der Waals surface area contributed by atoms with E-state index in [0.29, 0.717) is 0 Å². The first-order valence-corrected chi connectivity index (χ1v) is 9.24. The van der Waals surface area contributed by atoms with Crippen molar-refractivity contribution >= 4 is 31.9 Å². The van der Waals surface area contributed by atoms with Gasteiger partial charge in [0.05, 0.1) is 7.11 Å². The minimum atomic E-state index is 0.160. The monoisotopic (exact) mass is 410 g/mol. The van der Waals surface area contributed by atoms with E-state index in [1.165, 1.54) is 11.1 Å². The van der Waals surface area contributed by atoms with E-state index in [9.17, 15) is 0 Å². The van der Waals surface area contributed by atoms with Gasteiger partial charge in [0.15, 0.2) is 0 Å². The van der Waals surface area contributed by atoms with Gasteiger partial charge in [-0.05, 0) is 41.5 Å². The van der Waals surface area contributed by atoms with Crippen LogP contribution in [0, 0.1) is 5.41 Å². The molecule has 2 aromatic carbocycles. The maximum Gasteiger partial charge on any atom is 0.119 e. The maximum absolute atomic E-state index is 5.33. The van der Waals surface area contributed by atoms with Crippen LogP contribution in [0.4, 0.5) is 0 Å². The van der Waals surface area contributed by atoms with Crippen molar-refractivity contribution in [3.8, 4) is 5.75 Å². The van der Waals surface area contributed by atoms with Crippen LogP contribution in [0.5, 0.6) is 5.75 Å². The van der Waals surface area contributed by atoms with Crippen LogP contribution in [-0.2, 0) is 12.8 Å². The van der Waals surface area contributed by atoms with Gasteiger partial charge in [0.2, 0.25) is 0 Å². The van der Waals surface area contributed by atoms with E-state index in [2.05, 4.69) is 80.4 Å². The molecular weight excluding hydrogens is 392 g/mol. The molecule has 0 fully saturated rings. The third kappa shape index (κ3) is 4.58. The predicted octanol–water partition coefficient (Wildman–Crippen LogP) is 5.26. The second-order valence-corrected chi connectivity index (χ2v) is 6.58. The topological polar surface area (TPSA) is 9.23 Å². The van der Waals surface area contributed by atoms with Crippen molar-refractivity contribution in [1.82, 2.24) is 0 Å². The van der Waals surface area contributed by atoms with E-state index < -0.39 is 0 Å². The Morgan fingerprint density at radius 3 is 2.10 bits per heavy atom. The minimum Gasteiger partial charge on any atom is -0.497 e. The van der Waals surface area contributed by atoms with Gasteiger partial charge in [-0.25, -0.2) is 0 Å². The number of methoxy groups -OCH3 is 1.